The molecule has 1 unspecified atom stereocenters. The van der Waals surface area contributed by atoms with E-state index in [0.717, 1.165) is 16.7 Å². The number of amides is 1. The number of rotatable bonds is 7. The van der Waals surface area contributed by atoms with E-state index in [0.29, 0.717) is 17.9 Å². The van der Waals surface area contributed by atoms with Crippen LogP contribution >= 0.6 is 0 Å². The van der Waals surface area contributed by atoms with Gasteiger partial charge in [0.25, 0.3) is 11.7 Å². The van der Waals surface area contributed by atoms with E-state index in [1.807, 2.05) is 45.0 Å². The van der Waals surface area contributed by atoms with Crippen LogP contribution in [0.1, 0.15) is 35.2 Å². The monoisotopic (exact) mass is 409 g/mol. The summed E-state index contributed by atoms with van der Waals surface area (Å²) in [5.74, 6) is -0.809. The van der Waals surface area contributed by atoms with Crippen LogP contribution in [-0.4, -0.2) is 48.6 Å². The topological polar surface area (TPSA) is 76.1 Å². The number of benzene rings is 2. The third-order valence-corrected chi connectivity index (χ3v) is 5.36. The molecule has 0 bridgehead atoms. The number of hydrogen-bond donors (Lipinski definition) is 1. The molecule has 30 heavy (non-hydrogen) atoms. The highest BCUT2D eigenvalue weighted by Crippen LogP contribution is 2.39. The Bertz CT molecular complexity index is 978. The van der Waals surface area contributed by atoms with Crippen molar-refractivity contribution in [2.75, 3.05) is 26.9 Å². The standard InChI is InChI=1S/C24H27NO5/c1-5-30-19-10-8-17(9-11-19)21-20(23(27)24(28)25(21)12-13-29-4)22(26)18-7-6-15(2)16(3)14-18/h6-11,14,21,26H,5,12-13H2,1-4H3/b22-20-. The summed E-state index contributed by atoms with van der Waals surface area (Å²) in [4.78, 5) is 27.2. The van der Waals surface area contributed by atoms with Crippen LogP contribution in [0.4, 0.5) is 0 Å². The molecule has 0 aromatic heterocycles. The van der Waals surface area contributed by atoms with Crippen LogP contribution in [0.15, 0.2) is 48.0 Å². The van der Waals surface area contributed by atoms with E-state index in [1.54, 1.807) is 18.2 Å². The average molecular weight is 409 g/mol. The third kappa shape index (κ3) is 4.09. The number of likely N-dealkylation sites (tertiary alicyclic amines) is 1. The summed E-state index contributed by atoms with van der Waals surface area (Å²) in [6, 6.07) is 12.0. The van der Waals surface area contributed by atoms with Gasteiger partial charge in [-0.3, -0.25) is 9.59 Å². The molecule has 6 nitrogen and oxygen atoms in total. The molecule has 1 amide bonds. The van der Waals surface area contributed by atoms with Crippen LogP contribution in [0.5, 0.6) is 5.75 Å². The van der Waals surface area contributed by atoms with Crippen LogP contribution < -0.4 is 4.74 Å². The maximum atomic E-state index is 12.9. The molecule has 1 aliphatic heterocycles. The summed E-state index contributed by atoms with van der Waals surface area (Å²) >= 11 is 0. The summed E-state index contributed by atoms with van der Waals surface area (Å²) in [6.07, 6.45) is 0. The average Bonchev–Trinajstić information content (AvgIpc) is 2.99. The van der Waals surface area contributed by atoms with Crippen LogP contribution in [0.2, 0.25) is 0 Å². The molecule has 1 heterocycles. The number of carbonyl (C=O) groups is 2. The van der Waals surface area contributed by atoms with Crippen molar-refractivity contribution in [1.82, 2.24) is 4.90 Å². The maximum Gasteiger partial charge on any atom is 0.295 e. The highest BCUT2D eigenvalue weighted by Gasteiger charge is 2.45. The lowest BCUT2D eigenvalue weighted by atomic mass is 9.94. The predicted octanol–water partition coefficient (Wildman–Crippen LogP) is 3.77. The molecular formula is C24H27NO5. The van der Waals surface area contributed by atoms with E-state index >= 15 is 0 Å². The highest BCUT2D eigenvalue weighted by atomic mass is 16.5. The lowest BCUT2D eigenvalue weighted by molar-refractivity contribution is -0.140. The first kappa shape index (κ1) is 21.6. The minimum absolute atomic E-state index is 0.0866. The summed E-state index contributed by atoms with van der Waals surface area (Å²) in [6.45, 7) is 6.87. The minimum atomic E-state index is -0.697. The van der Waals surface area contributed by atoms with Gasteiger partial charge in [0.2, 0.25) is 0 Å². The maximum absolute atomic E-state index is 12.9. The molecule has 1 aliphatic rings. The largest absolute Gasteiger partial charge is 0.507 e. The molecule has 1 atom stereocenters. The molecule has 6 heteroatoms. The molecule has 0 radical (unpaired) electrons. The van der Waals surface area contributed by atoms with Gasteiger partial charge < -0.3 is 19.5 Å². The van der Waals surface area contributed by atoms with E-state index in [4.69, 9.17) is 9.47 Å². The lowest BCUT2D eigenvalue weighted by Gasteiger charge is -2.25. The molecule has 1 N–H and O–H groups in total. The Balaban J connectivity index is 2.13. The third-order valence-electron chi connectivity index (χ3n) is 5.36. The smallest absolute Gasteiger partial charge is 0.295 e. The Labute approximate surface area is 176 Å². The van der Waals surface area contributed by atoms with Gasteiger partial charge in [0.05, 0.1) is 24.8 Å². The summed E-state index contributed by atoms with van der Waals surface area (Å²) in [5.41, 5.74) is 3.39. The van der Waals surface area contributed by atoms with Crippen molar-refractivity contribution in [2.24, 2.45) is 0 Å². The first-order chi connectivity index (χ1) is 14.4. The highest BCUT2D eigenvalue weighted by molar-refractivity contribution is 6.46. The predicted molar refractivity (Wildman–Crippen MR) is 114 cm³/mol. The zero-order valence-corrected chi connectivity index (χ0v) is 17.8. The van der Waals surface area contributed by atoms with Crippen LogP contribution in [0.25, 0.3) is 5.76 Å². The quantitative estimate of drug-likeness (QED) is 0.428. The van der Waals surface area contributed by atoms with E-state index in [1.165, 1.54) is 12.0 Å². The number of aliphatic hydroxyl groups excluding tert-OH is 1. The van der Waals surface area contributed by atoms with E-state index in [-0.39, 0.29) is 24.5 Å². The Morgan fingerprint density at radius 3 is 2.37 bits per heavy atom. The van der Waals surface area contributed by atoms with Crippen molar-refractivity contribution in [2.45, 2.75) is 26.8 Å². The van der Waals surface area contributed by atoms with Crippen molar-refractivity contribution >= 4 is 17.4 Å². The van der Waals surface area contributed by atoms with Crippen molar-refractivity contribution < 1.29 is 24.2 Å². The minimum Gasteiger partial charge on any atom is -0.507 e. The fourth-order valence-electron chi connectivity index (χ4n) is 3.60. The van der Waals surface area contributed by atoms with Gasteiger partial charge in [0, 0.05) is 19.2 Å². The second-order valence-corrected chi connectivity index (χ2v) is 7.29. The second-order valence-electron chi connectivity index (χ2n) is 7.29. The molecule has 1 saturated heterocycles. The number of hydrogen-bond acceptors (Lipinski definition) is 5. The number of nitrogens with zero attached hydrogens (tertiary/aromatic N) is 1. The van der Waals surface area contributed by atoms with Gasteiger partial charge in [-0.1, -0.05) is 24.3 Å². The number of ether oxygens (including phenoxy) is 2. The van der Waals surface area contributed by atoms with Gasteiger partial charge in [-0.2, -0.15) is 0 Å². The molecular weight excluding hydrogens is 382 g/mol. The molecule has 0 spiro atoms. The summed E-state index contributed by atoms with van der Waals surface area (Å²) < 4.78 is 10.6. The second kappa shape index (κ2) is 9.13. The Morgan fingerprint density at radius 2 is 1.77 bits per heavy atom. The van der Waals surface area contributed by atoms with Crippen molar-refractivity contribution in [3.05, 3.63) is 70.3 Å². The molecule has 0 aliphatic carbocycles. The van der Waals surface area contributed by atoms with Crippen molar-refractivity contribution in [3.63, 3.8) is 0 Å². The summed E-state index contributed by atoms with van der Waals surface area (Å²) in [7, 11) is 1.54. The van der Waals surface area contributed by atoms with Gasteiger partial charge in [-0.25, -0.2) is 0 Å². The van der Waals surface area contributed by atoms with E-state index in [2.05, 4.69) is 0 Å². The molecule has 1 fully saturated rings. The van der Waals surface area contributed by atoms with Crippen molar-refractivity contribution in [3.8, 4) is 5.75 Å². The SMILES string of the molecule is CCOc1ccc(C2/C(=C(/O)c3ccc(C)c(C)c3)C(=O)C(=O)N2CCOC)cc1. The van der Waals surface area contributed by atoms with Gasteiger partial charge >= 0.3 is 0 Å². The Hall–Kier alpha value is -3.12. The molecule has 158 valence electrons. The molecule has 2 aromatic rings. The molecule has 0 saturated carbocycles. The number of Topliss-reactive ketones (excluding diaryl/α,β-unsaturated/α-hetero) is 1. The molecule has 3 rings (SSSR count). The summed E-state index contributed by atoms with van der Waals surface area (Å²) in [5, 5.41) is 11.1. The lowest BCUT2D eigenvalue weighted by Crippen LogP contribution is -2.32. The van der Waals surface area contributed by atoms with Crippen LogP contribution in [0.3, 0.4) is 0 Å². The number of aryl methyl sites for hydroxylation is 2. The number of methoxy groups -OCH3 is 1. The molecule has 2 aromatic carbocycles. The first-order valence-electron chi connectivity index (χ1n) is 9.96. The van der Waals surface area contributed by atoms with E-state index in [9.17, 15) is 14.7 Å². The van der Waals surface area contributed by atoms with Crippen LogP contribution in [0, 0.1) is 13.8 Å². The number of aliphatic hydroxyl groups is 1. The van der Waals surface area contributed by atoms with Crippen molar-refractivity contribution in [1.29, 1.82) is 0 Å². The van der Waals surface area contributed by atoms with Gasteiger partial charge in [0.1, 0.15) is 11.5 Å². The fourth-order valence-corrected chi connectivity index (χ4v) is 3.60. The fraction of sp³-hybridized carbons (Fsp3) is 0.333. The zero-order chi connectivity index (χ0) is 21.8. The Kier molecular flexibility index (Phi) is 6.57. The van der Waals surface area contributed by atoms with Crippen LogP contribution in [-0.2, 0) is 14.3 Å². The van der Waals surface area contributed by atoms with E-state index < -0.39 is 17.7 Å². The number of carbonyl (C=O) groups excluding carboxylic acids is 2. The first-order valence-corrected chi connectivity index (χ1v) is 9.96. The van der Waals surface area contributed by atoms with Gasteiger partial charge in [0.15, 0.2) is 0 Å². The van der Waals surface area contributed by atoms with Gasteiger partial charge in [-0.15, -0.1) is 0 Å². The normalized spacial score (nSPS) is 18.1. The Morgan fingerprint density at radius 1 is 1.07 bits per heavy atom. The van der Waals surface area contributed by atoms with Gasteiger partial charge in [-0.05, 0) is 55.7 Å². The number of ketones is 1. The zero-order valence-electron chi connectivity index (χ0n) is 17.8.